The van der Waals surface area contributed by atoms with Crippen LogP contribution in [-0.2, 0) is 5.88 Å². The Balaban J connectivity index is 2.60. The van der Waals surface area contributed by atoms with E-state index >= 15 is 0 Å². The number of benzene rings is 1. The highest BCUT2D eigenvalue weighted by molar-refractivity contribution is 9.10. The maximum Gasteiger partial charge on any atom is 0.251 e. The van der Waals surface area contributed by atoms with Crippen LogP contribution in [0.5, 0.6) is 0 Å². The van der Waals surface area contributed by atoms with Gasteiger partial charge in [0.05, 0.1) is 11.6 Å². The van der Waals surface area contributed by atoms with E-state index in [2.05, 4.69) is 25.9 Å². The Morgan fingerprint density at radius 1 is 1.41 bits per heavy atom. The van der Waals surface area contributed by atoms with Crippen molar-refractivity contribution in [2.45, 2.75) is 12.8 Å². The molecule has 5 heteroatoms. The Bertz CT molecular complexity index is 610. The molecule has 2 aromatic rings. The predicted molar refractivity (Wildman–Crippen MR) is 72.3 cm³/mol. The van der Waals surface area contributed by atoms with Crippen LogP contribution < -0.4 is 5.56 Å². The van der Waals surface area contributed by atoms with Gasteiger partial charge in [-0.05, 0) is 24.6 Å². The molecule has 0 aliphatic carbocycles. The van der Waals surface area contributed by atoms with Crippen LogP contribution in [0.2, 0.25) is 0 Å². The molecule has 1 N–H and O–H groups in total. The molecule has 0 saturated carbocycles. The number of nitrogens with one attached hydrogen (secondary N) is 1. The predicted octanol–water partition coefficient (Wildman–Crippen LogP) is 3.25. The van der Waals surface area contributed by atoms with E-state index in [9.17, 15) is 4.79 Å². The zero-order valence-electron chi connectivity index (χ0n) is 9.13. The Labute approximate surface area is 112 Å². The first-order chi connectivity index (χ1) is 8.10. The Kier molecular flexibility index (Phi) is 3.64. The van der Waals surface area contributed by atoms with Crippen LogP contribution in [0, 0.1) is 6.92 Å². The van der Waals surface area contributed by atoms with Gasteiger partial charge in [0.25, 0.3) is 5.56 Å². The number of alkyl halides is 1. The molecule has 0 aliphatic rings. The van der Waals surface area contributed by atoms with Crippen LogP contribution >= 0.6 is 27.5 Å². The molecule has 0 bridgehead atoms. The Morgan fingerprint density at radius 3 is 2.82 bits per heavy atom. The molecule has 88 valence electrons. The maximum atomic E-state index is 11.5. The average Bonchev–Trinajstić information content (AvgIpc) is 2.28. The summed E-state index contributed by atoms with van der Waals surface area (Å²) >= 11 is 9.16. The third kappa shape index (κ3) is 2.76. The van der Waals surface area contributed by atoms with Crippen molar-refractivity contribution in [1.82, 2.24) is 9.97 Å². The van der Waals surface area contributed by atoms with E-state index in [1.165, 1.54) is 6.07 Å². The van der Waals surface area contributed by atoms with Crippen molar-refractivity contribution >= 4 is 27.5 Å². The summed E-state index contributed by atoms with van der Waals surface area (Å²) in [6.07, 6.45) is 0. The van der Waals surface area contributed by atoms with E-state index < -0.39 is 0 Å². The van der Waals surface area contributed by atoms with Gasteiger partial charge in [0, 0.05) is 16.1 Å². The highest BCUT2D eigenvalue weighted by Crippen LogP contribution is 2.26. The summed E-state index contributed by atoms with van der Waals surface area (Å²) in [5, 5.41) is 0. The van der Waals surface area contributed by atoms with E-state index in [1.807, 2.05) is 25.1 Å². The number of aryl methyl sites for hydroxylation is 1. The molecule has 0 radical (unpaired) electrons. The lowest BCUT2D eigenvalue weighted by Gasteiger charge is -2.05. The van der Waals surface area contributed by atoms with E-state index in [4.69, 9.17) is 11.6 Å². The quantitative estimate of drug-likeness (QED) is 0.865. The molecule has 17 heavy (non-hydrogen) atoms. The van der Waals surface area contributed by atoms with Crippen molar-refractivity contribution < 1.29 is 0 Å². The zero-order chi connectivity index (χ0) is 12.4. The first-order valence-corrected chi connectivity index (χ1v) is 6.35. The molecule has 0 amide bonds. The topological polar surface area (TPSA) is 45.8 Å². The Hall–Kier alpha value is -1.13. The largest absolute Gasteiger partial charge is 0.306 e. The zero-order valence-corrected chi connectivity index (χ0v) is 11.5. The van der Waals surface area contributed by atoms with Crippen molar-refractivity contribution in [3.05, 3.63) is 50.3 Å². The van der Waals surface area contributed by atoms with E-state index in [-0.39, 0.29) is 11.4 Å². The monoisotopic (exact) mass is 312 g/mol. The van der Waals surface area contributed by atoms with Crippen LogP contribution in [0.4, 0.5) is 0 Å². The highest BCUT2D eigenvalue weighted by Gasteiger charge is 2.07. The van der Waals surface area contributed by atoms with E-state index in [1.54, 1.807) is 0 Å². The second-order valence-electron chi connectivity index (χ2n) is 3.70. The lowest BCUT2D eigenvalue weighted by Crippen LogP contribution is -2.09. The van der Waals surface area contributed by atoms with Gasteiger partial charge in [-0.15, -0.1) is 11.6 Å². The summed E-state index contributed by atoms with van der Waals surface area (Å²) in [5.41, 5.74) is 2.35. The van der Waals surface area contributed by atoms with Crippen molar-refractivity contribution in [2.75, 3.05) is 0 Å². The van der Waals surface area contributed by atoms with Crippen molar-refractivity contribution in [3.63, 3.8) is 0 Å². The summed E-state index contributed by atoms with van der Waals surface area (Å²) < 4.78 is 0.896. The third-order valence-electron chi connectivity index (χ3n) is 2.31. The maximum absolute atomic E-state index is 11.5. The summed E-state index contributed by atoms with van der Waals surface area (Å²) in [6.45, 7) is 2.00. The summed E-state index contributed by atoms with van der Waals surface area (Å²) in [6, 6.07) is 7.25. The molecule has 0 saturated heterocycles. The number of halogens is 2. The number of aromatic amines is 1. The number of rotatable bonds is 2. The molecule has 3 nitrogen and oxygen atoms in total. The van der Waals surface area contributed by atoms with Crippen LogP contribution in [0.1, 0.15) is 11.3 Å². The van der Waals surface area contributed by atoms with Gasteiger partial charge in [0.15, 0.2) is 0 Å². The van der Waals surface area contributed by atoms with Gasteiger partial charge in [-0.2, -0.15) is 0 Å². The molecule has 1 aromatic heterocycles. The van der Waals surface area contributed by atoms with Gasteiger partial charge in [0.2, 0.25) is 0 Å². The summed E-state index contributed by atoms with van der Waals surface area (Å²) in [7, 11) is 0. The number of H-pyrrole nitrogens is 1. The second-order valence-corrected chi connectivity index (χ2v) is 4.82. The van der Waals surface area contributed by atoms with Crippen molar-refractivity contribution in [3.8, 4) is 11.4 Å². The molecule has 0 atom stereocenters. The molecule has 0 fully saturated rings. The van der Waals surface area contributed by atoms with Crippen molar-refractivity contribution in [1.29, 1.82) is 0 Å². The van der Waals surface area contributed by atoms with Gasteiger partial charge in [-0.25, -0.2) is 4.98 Å². The smallest absolute Gasteiger partial charge is 0.251 e. The lowest BCUT2D eigenvalue weighted by molar-refractivity contribution is 1.06. The molecule has 0 aliphatic heterocycles. The normalized spacial score (nSPS) is 10.5. The molecular weight excluding hydrogens is 304 g/mol. The number of hydrogen-bond donors (Lipinski definition) is 1. The first-order valence-electron chi connectivity index (χ1n) is 5.03. The molecule has 0 unspecified atom stereocenters. The average molecular weight is 314 g/mol. The van der Waals surface area contributed by atoms with Crippen LogP contribution in [-0.4, -0.2) is 9.97 Å². The summed E-state index contributed by atoms with van der Waals surface area (Å²) in [5.74, 6) is 0.750. The fraction of sp³-hybridized carbons (Fsp3) is 0.167. The minimum atomic E-state index is -0.196. The minimum Gasteiger partial charge on any atom is -0.306 e. The second kappa shape index (κ2) is 5.02. The van der Waals surface area contributed by atoms with Crippen LogP contribution in [0.15, 0.2) is 33.5 Å². The molecule has 1 aromatic carbocycles. The van der Waals surface area contributed by atoms with Crippen LogP contribution in [0.3, 0.4) is 0 Å². The van der Waals surface area contributed by atoms with Gasteiger partial charge >= 0.3 is 0 Å². The van der Waals surface area contributed by atoms with Crippen LogP contribution in [0.25, 0.3) is 11.4 Å². The van der Waals surface area contributed by atoms with Gasteiger partial charge in [-0.1, -0.05) is 22.0 Å². The van der Waals surface area contributed by atoms with Gasteiger partial charge in [-0.3, -0.25) is 4.79 Å². The first kappa shape index (κ1) is 12.3. The Morgan fingerprint density at radius 2 is 2.18 bits per heavy atom. The van der Waals surface area contributed by atoms with E-state index in [0.29, 0.717) is 11.5 Å². The SMILES string of the molecule is Cc1ccc(-c2nc(CCl)cc(=O)[nH]2)c(Br)c1. The fourth-order valence-electron chi connectivity index (χ4n) is 1.52. The lowest BCUT2D eigenvalue weighted by atomic mass is 10.1. The molecule has 0 spiro atoms. The molecular formula is C12H10BrClN2O. The molecule has 1 heterocycles. The molecule has 2 rings (SSSR count). The third-order valence-corrected chi connectivity index (χ3v) is 3.24. The highest BCUT2D eigenvalue weighted by atomic mass is 79.9. The standard InChI is InChI=1S/C12H10BrClN2O/c1-7-2-3-9(10(13)4-7)12-15-8(6-14)5-11(17)16-12/h2-5H,6H2,1H3,(H,15,16,17). The minimum absolute atomic E-state index is 0.196. The van der Waals surface area contributed by atoms with Crippen molar-refractivity contribution in [2.24, 2.45) is 0 Å². The van der Waals surface area contributed by atoms with Gasteiger partial charge < -0.3 is 4.98 Å². The van der Waals surface area contributed by atoms with E-state index in [0.717, 1.165) is 15.6 Å². The van der Waals surface area contributed by atoms with Gasteiger partial charge in [0.1, 0.15) is 5.82 Å². The number of aromatic nitrogens is 2. The number of hydrogen-bond acceptors (Lipinski definition) is 2. The summed E-state index contributed by atoms with van der Waals surface area (Å²) in [4.78, 5) is 18.5. The fourth-order valence-corrected chi connectivity index (χ4v) is 2.33. The number of nitrogens with zero attached hydrogens (tertiary/aromatic N) is 1.